The summed E-state index contributed by atoms with van der Waals surface area (Å²) in [4.78, 5) is 14.2. The topological polar surface area (TPSA) is 44.4 Å². The Hall–Kier alpha value is -2.56. The van der Waals surface area contributed by atoms with E-state index in [0.717, 1.165) is 25.2 Å². The number of carbonyl (C=O) groups is 1. The molecule has 0 saturated carbocycles. The normalized spacial score (nSPS) is 17.3. The van der Waals surface area contributed by atoms with E-state index >= 15 is 0 Å². The highest BCUT2D eigenvalue weighted by molar-refractivity contribution is 5.89. The third-order valence-corrected chi connectivity index (χ3v) is 3.77. The number of hydrogen-bond acceptors (Lipinski definition) is 2. The van der Waals surface area contributed by atoms with Crippen molar-refractivity contribution in [3.63, 3.8) is 0 Å². The molecule has 0 aromatic heterocycles. The van der Waals surface area contributed by atoms with Crippen LogP contribution in [0.15, 0.2) is 54.6 Å². The van der Waals surface area contributed by atoms with E-state index in [2.05, 4.69) is 27.7 Å². The molecule has 1 atom stereocenters. The molecule has 1 heterocycles. The molecule has 2 aromatic carbocycles. The maximum atomic E-state index is 13.5. The van der Waals surface area contributed by atoms with E-state index in [4.69, 9.17) is 0 Å². The average Bonchev–Trinajstić information content (AvgIpc) is 2.99. The molecule has 3 rings (SSSR count). The summed E-state index contributed by atoms with van der Waals surface area (Å²) < 4.78 is 13.5. The number of anilines is 2. The van der Waals surface area contributed by atoms with Gasteiger partial charge < -0.3 is 15.5 Å². The van der Waals surface area contributed by atoms with Gasteiger partial charge >= 0.3 is 6.03 Å². The summed E-state index contributed by atoms with van der Waals surface area (Å²) in [5.41, 5.74) is 1.35. The predicted octanol–water partition coefficient (Wildman–Crippen LogP) is 3.23. The zero-order valence-corrected chi connectivity index (χ0v) is 12.1. The first-order valence-electron chi connectivity index (χ1n) is 7.34. The van der Waals surface area contributed by atoms with Crippen molar-refractivity contribution in [1.82, 2.24) is 5.32 Å². The third-order valence-electron chi connectivity index (χ3n) is 3.77. The Morgan fingerprint density at radius 1 is 1.09 bits per heavy atom. The van der Waals surface area contributed by atoms with E-state index in [1.807, 2.05) is 18.2 Å². The number of para-hydroxylation sites is 2. The number of hydrogen-bond donors (Lipinski definition) is 2. The van der Waals surface area contributed by atoms with Gasteiger partial charge in [-0.05, 0) is 30.7 Å². The molecule has 0 radical (unpaired) electrons. The number of urea groups is 1. The van der Waals surface area contributed by atoms with E-state index in [1.165, 1.54) is 6.07 Å². The van der Waals surface area contributed by atoms with Crippen molar-refractivity contribution in [1.29, 1.82) is 0 Å². The van der Waals surface area contributed by atoms with Crippen molar-refractivity contribution in [3.8, 4) is 0 Å². The van der Waals surface area contributed by atoms with Crippen molar-refractivity contribution in [3.05, 3.63) is 60.4 Å². The number of carbonyl (C=O) groups excluding carboxylic acids is 1. The van der Waals surface area contributed by atoms with Gasteiger partial charge in [-0.25, -0.2) is 9.18 Å². The maximum absolute atomic E-state index is 13.5. The Balaban J connectivity index is 1.54. The molecule has 2 amide bonds. The summed E-state index contributed by atoms with van der Waals surface area (Å²) in [6.45, 7) is 1.66. The largest absolute Gasteiger partial charge is 0.369 e. The lowest BCUT2D eigenvalue weighted by atomic mass is 10.2. The molecular formula is C17H18FN3O. The fraction of sp³-hybridized carbons (Fsp3) is 0.235. The second-order valence-electron chi connectivity index (χ2n) is 5.35. The van der Waals surface area contributed by atoms with Crippen LogP contribution in [-0.2, 0) is 0 Å². The van der Waals surface area contributed by atoms with Crippen LogP contribution in [0, 0.1) is 5.82 Å². The average molecular weight is 299 g/mol. The summed E-state index contributed by atoms with van der Waals surface area (Å²) in [7, 11) is 0. The molecule has 1 fully saturated rings. The van der Waals surface area contributed by atoms with Crippen LogP contribution in [-0.4, -0.2) is 25.2 Å². The molecular weight excluding hydrogens is 281 g/mol. The Labute approximate surface area is 128 Å². The quantitative estimate of drug-likeness (QED) is 0.914. The second-order valence-corrected chi connectivity index (χ2v) is 5.35. The molecule has 0 aliphatic carbocycles. The highest BCUT2D eigenvalue weighted by Crippen LogP contribution is 2.20. The van der Waals surface area contributed by atoms with E-state index < -0.39 is 5.82 Å². The summed E-state index contributed by atoms with van der Waals surface area (Å²) >= 11 is 0. The molecule has 4 nitrogen and oxygen atoms in total. The molecule has 0 unspecified atom stereocenters. The molecule has 2 aromatic rings. The first-order chi connectivity index (χ1) is 10.7. The minimum Gasteiger partial charge on any atom is -0.369 e. The molecule has 114 valence electrons. The summed E-state index contributed by atoms with van der Waals surface area (Å²) in [6, 6.07) is 15.9. The van der Waals surface area contributed by atoms with E-state index in [1.54, 1.807) is 18.2 Å². The fourth-order valence-corrected chi connectivity index (χ4v) is 2.66. The molecule has 0 spiro atoms. The van der Waals surface area contributed by atoms with Gasteiger partial charge in [-0.2, -0.15) is 0 Å². The summed E-state index contributed by atoms with van der Waals surface area (Å²) in [6.07, 6.45) is 0.875. The van der Waals surface area contributed by atoms with Crippen molar-refractivity contribution in [2.75, 3.05) is 23.3 Å². The van der Waals surface area contributed by atoms with Crippen LogP contribution in [0.4, 0.5) is 20.6 Å². The molecule has 1 saturated heterocycles. The van der Waals surface area contributed by atoms with Crippen LogP contribution in [0.2, 0.25) is 0 Å². The van der Waals surface area contributed by atoms with Gasteiger partial charge in [0.15, 0.2) is 0 Å². The third kappa shape index (κ3) is 3.36. The van der Waals surface area contributed by atoms with Gasteiger partial charge in [0.2, 0.25) is 0 Å². The Kier molecular flexibility index (Phi) is 4.23. The molecule has 22 heavy (non-hydrogen) atoms. The van der Waals surface area contributed by atoms with Crippen LogP contribution in [0.1, 0.15) is 6.42 Å². The van der Waals surface area contributed by atoms with E-state index in [9.17, 15) is 9.18 Å². The van der Waals surface area contributed by atoms with Gasteiger partial charge in [0.25, 0.3) is 0 Å². The zero-order valence-electron chi connectivity index (χ0n) is 12.1. The zero-order chi connectivity index (χ0) is 15.4. The van der Waals surface area contributed by atoms with Crippen LogP contribution < -0.4 is 15.5 Å². The van der Waals surface area contributed by atoms with Crippen LogP contribution >= 0.6 is 0 Å². The van der Waals surface area contributed by atoms with Crippen LogP contribution in [0.5, 0.6) is 0 Å². The van der Waals surface area contributed by atoms with E-state index in [-0.39, 0.29) is 17.8 Å². The number of amides is 2. The highest BCUT2D eigenvalue weighted by atomic mass is 19.1. The first kappa shape index (κ1) is 14.4. The monoisotopic (exact) mass is 299 g/mol. The Morgan fingerprint density at radius 2 is 1.82 bits per heavy atom. The van der Waals surface area contributed by atoms with Crippen molar-refractivity contribution in [2.24, 2.45) is 0 Å². The number of rotatable bonds is 3. The Bertz CT molecular complexity index is 647. The van der Waals surface area contributed by atoms with Crippen molar-refractivity contribution >= 4 is 17.4 Å². The summed E-state index contributed by atoms with van der Waals surface area (Å²) in [5.74, 6) is -0.435. The second kappa shape index (κ2) is 6.47. The standard InChI is InChI=1S/C17H18FN3O/c18-15-8-4-5-9-16(15)20-17(22)19-13-10-11-21(12-13)14-6-2-1-3-7-14/h1-9,13H,10-12H2,(H2,19,20,22)/t13-/m0/s1. The number of nitrogens with one attached hydrogen (secondary N) is 2. The fourth-order valence-electron chi connectivity index (χ4n) is 2.66. The highest BCUT2D eigenvalue weighted by Gasteiger charge is 2.24. The van der Waals surface area contributed by atoms with Crippen LogP contribution in [0.3, 0.4) is 0 Å². The lowest BCUT2D eigenvalue weighted by Crippen LogP contribution is -2.39. The number of nitrogens with zero attached hydrogens (tertiary/aromatic N) is 1. The van der Waals surface area contributed by atoms with E-state index in [0.29, 0.717) is 0 Å². The summed E-state index contributed by atoms with van der Waals surface area (Å²) in [5, 5.41) is 5.44. The van der Waals surface area contributed by atoms with Gasteiger partial charge in [0.05, 0.1) is 5.69 Å². The minimum atomic E-state index is -0.435. The van der Waals surface area contributed by atoms with Gasteiger partial charge in [0, 0.05) is 24.8 Å². The molecule has 5 heteroatoms. The number of benzene rings is 2. The van der Waals surface area contributed by atoms with Gasteiger partial charge in [-0.15, -0.1) is 0 Å². The molecule has 1 aliphatic rings. The molecule has 0 bridgehead atoms. The molecule has 2 N–H and O–H groups in total. The maximum Gasteiger partial charge on any atom is 0.319 e. The van der Waals surface area contributed by atoms with Gasteiger partial charge in [0.1, 0.15) is 5.82 Å². The Morgan fingerprint density at radius 3 is 2.59 bits per heavy atom. The minimum absolute atomic E-state index is 0.0620. The van der Waals surface area contributed by atoms with Crippen molar-refractivity contribution in [2.45, 2.75) is 12.5 Å². The number of halogens is 1. The SMILES string of the molecule is O=C(Nc1ccccc1F)N[C@H]1CCN(c2ccccc2)C1. The van der Waals surface area contributed by atoms with Gasteiger partial charge in [-0.3, -0.25) is 0 Å². The van der Waals surface area contributed by atoms with Crippen LogP contribution in [0.25, 0.3) is 0 Å². The first-order valence-corrected chi connectivity index (χ1v) is 7.34. The predicted molar refractivity (Wildman–Crippen MR) is 85.6 cm³/mol. The lowest BCUT2D eigenvalue weighted by Gasteiger charge is -2.19. The van der Waals surface area contributed by atoms with Gasteiger partial charge in [-0.1, -0.05) is 30.3 Å². The van der Waals surface area contributed by atoms with Crippen molar-refractivity contribution < 1.29 is 9.18 Å². The smallest absolute Gasteiger partial charge is 0.319 e. The molecule has 1 aliphatic heterocycles. The lowest BCUT2D eigenvalue weighted by molar-refractivity contribution is 0.249.